The van der Waals surface area contributed by atoms with Crippen molar-refractivity contribution in [2.45, 2.75) is 13.8 Å². The molecule has 0 aromatic rings. The van der Waals surface area contributed by atoms with Crippen LogP contribution in [0.4, 0.5) is 0 Å². The SMILES string of the molecule is CC[N+](C)(C)CCO.CC[N+](C)(C)CCO.[OH-].[OH-]. The van der Waals surface area contributed by atoms with Crippen LogP contribution < -0.4 is 0 Å². The molecule has 0 aliphatic carbocycles. The monoisotopic (exact) mass is 270 g/mol. The fourth-order valence-electron chi connectivity index (χ4n) is 0.858. The average molecular weight is 270 g/mol. The van der Waals surface area contributed by atoms with E-state index in [-0.39, 0.29) is 11.0 Å². The normalized spacial score (nSPS) is 10.7. The van der Waals surface area contributed by atoms with E-state index in [2.05, 4.69) is 42.0 Å². The van der Waals surface area contributed by atoms with E-state index in [0.29, 0.717) is 13.2 Å². The molecule has 0 atom stereocenters. The molecule has 116 valence electrons. The molecule has 0 saturated heterocycles. The van der Waals surface area contributed by atoms with Gasteiger partial charge in [0.05, 0.1) is 54.5 Å². The largest absolute Gasteiger partial charge is 0.870 e. The minimum absolute atomic E-state index is 0. The van der Waals surface area contributed by atoms with Crippen LogP contribution in [0.5, 0.6) is 0 Å². The summed E-state index contributed by atoms with van der Waals surface area (Å²) in [4.78, 5) is 0. The molecule has 0 rings (SSSR count). The molecule has 4 N–H and O–H groups in total. The number of hydrogen-bond donors (Lipinski definition) is 2. The maximum Gasteiger partial charge on any atom is 0.102 e. The lowest BCUT2D eigenvalue weighted by Crippen LogP contribution is -2.41. The quantitative estimate of drug-likeness (QED) is 0.652. The molecule has 0 spiro atoms. The number of likely N-dealkylation sites (N-methyl/N-ethyl adjacent to an activating group) is 2. The molecule has 18 heavy (non-hydrogen) atoms. The Hall–Kier alpha value is -0.240. The second kappa shape index (κ2) is 13.2. The highest BCUT2D eigenvalue weighted by Gasteiger charge is 2.08. The summed E-state index contributed by atoms with van der Waals surface area (Å²) in [7, 11) is 8.43. The number of aliphatic hydroxyl groups excluding tert-OH is 2. The van der Waals surface area contributed by atoms with Crippen LogP contribution in [0.25, 0.3) is 0 Å². The molecule has 0 amide bonds. The first-order valence-corrected chi connectivity index (χ1v) is 6.10. The van der Waals surface area contributed by atoms with Crippen LogP contribution in [0, 0.1) is 0 Å². The average Bonchev–Trinajstić information content (AvgIpc) is 2.19. The summed E-state index contributed by atoms with van der Waals surface area (Å²) < 4.78 is 1.83. The van der Waals surface area contributed by atoms with Gasteiger partial charge in [0.2, 0.25) is 0 Å². The van der Waals surface area contributed by atoms with Gasteiger partial charge in [-0.1, -0.05) is 0 Å². The zero-order valence-corrected chi connectivity index (χ0v) is 12.9. The Morgan fingerprint density at radius 1 is 0.667 bits per heavy atom. The van der Waals surface area contributed by atoms with Crippen LogP contribution in [-0.4, -0.2) is 97.7 Å². The Balaban J connectivity index is -0.0000000980. The third-order valence-corrected chi connectivity index (χ3v) is 3.12. The molecular formula is C12H34N2O4. The van der Waals surface area contributed by atoms with Gasteiger partial charge in [0, 0.05) is 0 Å². The number of rotatable bonds is 6. The van der Waals surface area contributed by atoms with Gasteiger partial charge in [0.15, 0.2) is 0 Å². The first-order valence-electron chi connectivity index (χ1n) is 6.10. The summed E-state index contributed by atoms with van der Waals surface area (Å²) in [5, 5.41) is 17.0. The van der Waals surface area contributed by atoms with Gasteiger partial charge in [-0.15, -0.1) is 0 Å². The van der Waals surface area contributed by atoms with Crippen LogP contribution in [-0.2, 0) is 0 Å². The van der Waals surface area contributed by atoms with Gasteiger partial charge in [0.25, 0.3) is 0 Å². The lowest BCUT2D eigenvalue weighted by atomic mass is 10.4. The summed E-state index contributed by atoms with van der Waals surface area (Å²) in [6, 6.07) is 0. The van der Waals surface area contributed by atoms with Gasteiger partial charge in [-0.2, -0.15) is 0 Å². The van der Waals surface area contributed by atoms with Crippen LogP contribution in [0.3, 0.4) is 0 Å². The maximum atomic E-state index is 8.52. The third kappa shape index (κ3) is 18.1. The molecule has 6 heteroatoms. The van der Waals surface area contributed by atoms with Crippen LogP contribution in [0.15, 0.2) is 0 Å². The molecular weight excluding hydrogens is 236 g/mol. The van der Waals surface area contributed by atoms with Gasteiger partial charge < -0.3 is 30.1 Å². The zero-order chi connectivity index (χ0) is 13.2. The van der Waals surface area contributed by atoms with Crippen LogP contribution >= 0.6 is 0 Å². The number of quaternary nitrogens is 2. The molecule has 0 fully saturated rings. The molecule has 0 saturated carbocycles. The smallest absolute Gasteiger partial charge is 0.102 e. The standard InChI is InChI=1S/2C6H16NO.2H2O/c2*1-4-7(2,3)5-6-8;;/h2*8H,4-6H2,1-3H3;2*1H2/q2*+1;;/p-2. The highest BCUT2D eigenvalue weighted by atomic mass is 16.3. The van der Waals surface area contributed by atoms with Gasteiger partial charge in [-0.3, -0.25) is 0 Å². The molecule has 6 nitrogen and oxygen atoms in total. The van der Waals surface area contributed by atoms with E-state index in [4.69, 9.17) is 10.2 Å². The van der Waals surface area contributed by atoms with Gasteiger partial charge >= 0.3 is 0 Å². The minimum atomic E-state index is 0. The van der Waals surface area contributed by atoms with Crippen molar-refractivity contribution in [2.75, 3.05) is 67.6 Å². The molecule has 0 aliphatic heterocycles. The lowest BCUT2D eigenvalue weighted by molar-refractivity contribution is -0.888. The predicted octanol–water partition coefficient (Wildman–Crippen LogP) is -0.204. The van der Waals surface area contributed by atoms with Crippen molar-refractivity contribution in [1.82, 2.24) is 0 Å². The highest BCUT2D eigenvalue weighted by molar-refractivity contribution is 4.25. The van der Waals surface area contributed by atoms with Gasteiger partial charge in [-0.05, 0) is 13.8 Å². The van der Waals surface area contributed by atoms with E-state index in [1.807, 2.05) is 0 Å². The summed E-state index contributed by atoms with van der Waals surface area (Å²) in [6.45, 7) is 8.71. The van der Waals surface area contributed by atoms with E-state index in [1.54, 1.807) is 0 Å². The summed E-state index contributed by atoms with van der Waals surface area (Å²) >= 11 is 0. The Bertz CT molecular complexity index is 146. The third-order valence-electron chi connectivity index (χ3n) is 3.12. The molecule has 0 radical (unpaired) electrons. The van der Waals surface area contributed by atoms with E-state index in [1.165, 1.54) is 0 Å². The fourth-order valence-corrected chi connectivity index (χ4v) is 0.858. The first kappa shape index (κ1) is 26.3. The second-order valence-corrected chi connectivity index (χ2v) is 5.40. The molecule has 0 bridgehead atoms. The van der Waals surface area contributed by atoms with Crippen molar-refractivity contribution in [3.63, 3.8) is 0 Å². The molecule has 0 aromatic carbocycles. The zero-order valence-electron chi connectivity index (χ0n) is 12.9. The first-order chi connectivity index (χ1) is 7.24. The fraction of sp³-hybridized carbons (Fsp3) is 1.00. The molecule has 0 heterocycles. The van der Waals surface area contributed by atoms with E-state index >= 15 is 0 Å². The minimum Gasteiger partial charge on any atom is -0.870 e. The van der Waals surface area contributed by atoms with Crippen LogP contribution in [0.2, 0.25) is 0 Å². The van der Waals surface area contributed by atoms with Gasteiger partial charge in [0.1, 0.15) is 13.1 Å². The van der Waals surface area contributed by atoms with Crippen LogP contribution in [0.1, 0.15) is 13.8 Å². The topological polar surface area (TPSA) is 100 Å². The Kier molecular flexibility index (Phi) is 19.3. The molecule has 0 aliphatic rings. The Morgan fingerprint density at radius 2 is 0.889 bits per heavy atom. The van der Waals surface area contributed by atoms with Crippen molar-refractivity contribution >= 4 is 0 Å². The molecule has 0 unspecified atom stereocenters. The van der Waals surface area contributed by atoms with E-state index in [9.17, 15) is 0 Å². The summed E-state index contributed by atoms with van der Waals surface area (Å²) in [5.41, 5.74) is 0. The predicted molar refractivity (Wildman–Crippen MR) is 73.1 cm³/mol. The maximum absolute atomic E-state index is 8.52. The van der Waals surface area contributed by atoms with Crippen molar-refractivity contribution < 1.29 is 30.1 Å². The van der Waals surface area contributed by atoms with Crippen molar-refractivity contribution in [3.05, 3.63) is 0 Å². The Morgan fingerprint density at radius 3 is 0.944 bits per heavy atom. The number of aliphatic hydroxyl groups is 2. The Labute approximate surface area is 112 Å². The van der Waals surface area contributed by atoms with E-state index < -0.39 is 0 Å². The second-order valence-electron chi connectivity index (χ2n) is 5.40. The number of hydrogen-bond acceptors (Lipinski definition) is 4. The van der Waals surface area contributed by atoms with Crippen molar-refractivity contribution in [2.24, 2.45) is 0 Å². The van der Waals surface area contributed by atoms with E-state index in [0.717, 1.165) is 35.1 Å². The van der Waals surface area contributed by atoms with Crippen molar-refractivity contribution in [1.29, 1.82) is 0 Å². The van der Waals surface area contributed by atoms with Crippen molar-refractivity contribution in [3.8, 4) is 0 Å². The highest BCUT2D eigenvalue weighted by Crippen LogP contribution is 1.92. The lowest BCUT2D eigenvalue weighted by Gasteiger charge is -2.26. The number of nitrogens with zero attached hydrogens (tertiary/aromatic N) is 2. The molecule has 0 aromatic heterocycles. The summed E-state index contributed by atoms with van der Waals surface area (Å²) in [5.74, 6) is 0. The van der Waals surface area contributed by atoms with Gasteiger partial charge in [-0.25, -0.2) is 0 Å². The summed E-state index contributed by atoms with van der Waals surface area (Å²) in [6.07, 6.45) is 0.